The lowest BCUT2D eigenvalue weighted by Gasteiger charge is -2.25. The maximum absolute atomic E-state index is 11.6. The number of aromatic nitrogens is 2. The van der Waals surface area contributed by atoms with Crippen LogP contribution >= 0.6 is 0 Å². The van der Waals surface area contributed by atoms with Crippen molar-refractivity contribution in [1.82, 2.24) is 0 Å². The van der Waals surface area contributed by atoms with Crippen LogP contribution in [0.25, 0.3) is 11.1 Å². The number of pyridine rings is 2. The van der Waals surface area contributed by atoms with Crippen LogP contribution in [-0.4, -0.2) is 13.1 Å². The van der Waals surface area contributed by atoms with Gasteiger partial charge in [0.15, 0.2) is 37.9 Å². The molecule has 0 saturated heterocycles. The summed E-state index contributed by atoms with van der Waals surface area (Å²) < 4.78 is 9.16. The van der Waals surface area contributed by atoms with Gasteiger partial charge in [0.25, 0.3) is 0 Å². The van der Waals surface area contributed by atoms with Gasteiger partial charge in [-0.3, -0.25) is 0 Å². The first-order chi connectivity index (χ1) is 17.9. The molecule has 0 aliphatic heterocycles. The number of methoxy groups -OCH3 is 1. The fraction of sp³-hybridized carbons (Fsp3) is 0.324. The Hall–Kier alpha value is -3.79. The monoisotopic (exact) mass is 508 g/mol. The Morgan fingerprint density at radius 1 is 0.632 bits per heavy atom. The van der Waals surface area contributed by atoms with E-state index >= 15 is 0 Å². The lowest BCUT2D eigenvalue weighted by atomic mass is 9.79. The molecular formula is C34H40N2O2+2. The summed E-state index contributed by atoms with van der Waals surface area (Å²) in [5.74, 6) is -0.314. The molecule has 2 aromatic carbocycles. The average Bonchev–Trinajstić information content (AvgIpc) is 2.88. The molecule has 0 radical (unpaired) electrons. The van der Waals surface area contributed by atoms with Crippen molar-refractivity contribution in [3.05, 3.63) is 119 Å². The third-order valence-electron chi connectivity index (χ3n) is 6.95. The molecule has 4 heteroatoms. The minimum atomic E-state index is -0.314. The van der Waals surface area contributed by atoms with Crippen molar-refractivity contribution < 1.29 is 18.7 Å². The Morgan fingerprint density at radius 3 is 1.45 bits per heavy atom. The minimum absolute atomic E-state index is 0.112. The van der Waals surface area contributed by atoms with Crippen molar-refractivity contribution >= 4 is 5.97 Å². The first-order valence-corrected chi connectivity index (χ1v) is 13.2. The van der Waals surface area contributed by atoms with Gasteiger partial charge in [0.05, 0.1) is 12.7 Å². The van der Waals surface area contributed by atoms with Crippen LogP contribution in [0.4, 0.5) is 0 Å². The molecule has 2 heterocycles. The van der Waals surface area contributed by atoms with Crippen LogP contribution in [-0.2, 0) is 28.7 Å². The molecule has 2 aromatic heterocycles. The van der Waals surface area contributed by atoms with Gasteiger partial charge in [0.1, 0.15) is 0 Å². The summed E-state index contributed by atoms with van der Waals surface area (Å²) in [5, 5.41) is 0. The zero-order chi connectivity index (χ0) is 27.5. The van der Waals surface area contributed by atoms with E-state index in [9.17, 15) is 4.79 Å². The second kappa shape index (κ2) is 10.9. The summed E-state index contributed by atoms with van der Waals surface area (Å²) in [6, 6.07) is 23.3. The number of hydrogen-bond acceptors (Lipinski definition) is 2. The van der Waals surface area contributed by atoms with Gasteiger partial charge < -0.3 is 4.74 Å². The van der Waals surface area contributed by atoms with E-state index in [4.69, 9.17) is 4.74 Å². The second-order valence-electron chi connectivity index (χ2n) is 12.1. The number of hydrogen-bond donors (Lipinski definition) is 0. The van der Waals surface area contributed by atoms with Crippen molar-refractivity contribution in [2.75, 3.05) is 7.11 Å². The molecule has 0 saturated carbocycles. The third-order valence-corrected chi connectivity index (χ3v) is 6.95. The predicted molar refractivity (Wildman–Crippen MR) is 152 cm³/mol. The molecule has 0 unspecified atom stereocenters. The van der Waals surface area contributed by atoms with Crippen molar-refractivity contribution in [3.8, 4) is 11.1 Å². The van der Waals surface area contributed by atoms with Gasteiger partial charge in [0.2, 0.25) is 0 Å². The summed E-state index contributed by atoms with van der Waals surface area (Å²) in [5.41, 5.74) is 8.39. The molecule has 196 valence electrons. The number of nitrogens with zero attached hydrogens (tertiary/aromatic N) is 2. The van der Waals surface area contributed by atoms with Crippen LogP contribution in [0.1, 0.15) is 74.2 Å². The van der Waals surface area contributed by atoms with Crippen molar-refractivity contribution in [2.45, 2.75) is 65.5 Å². The molecule has 4 nitrogen and oxygen atoms in total. The first kappa shape index (κ1) is 27.3. The van der Waals surface area contributed by atoms with E-state index in [1.807, 2.05) is 12.1 Å². The average molecular weight is 509 g/mol. The third kappa shape index (κ3) is 6.74. The number of benzene rings is 2. The van der Waals surface area contributed by atoms with Crippen molar-refractivity contribution in [2.24, 2.45) is 0 Å². The quantitative estimate of drug-likeness (QED) is 0.223. The standard InChI is InChI=1S/C34H40N2O2/c1-33(2,3)30-20-26(21-31(22-30)34(4,5)6)24-36-18-14-28(15-19-36)27-12-16-35(17-13-27)23-25-8-10-29(11-9-25)32(37)38-7/h8-22H,23-24H2,1-7H3/q+2. The van der Waals surface area contributed by atoms with E-state index < -0.39 is 0 Å². The maximum Gasteiger partial charge on any atom is 0.337 e. The summed E-state index contributed by atoms with van der Waals surface area (Å²) >= 11 is 0. The molecule has 4 aromatic rings. The molecule has 0 amide bonds. The normalized spacial score (nSPS) is 11.9. The Morgan fingerprint density at radius 2 is 1.05 bits per heavy atom. The lowest BCUT2D eigenvalue weighted by Crippen LogP contribution is -2.34. The molecule has 38 heavy (non-hydrogen) atoms. The molecular weight excluding hydrogens is 468 g/mol. The summed E-state index contributed by atoms with van der Waals surface area (Å²) in [6.45, 7) is 15.3. The van der Waals surface area contributed by atoms with Crippen LogP contribution in [0.5, 0.6) is 0 Å². The largest absolute Gasteiger partial charge is 0.465 e. The number of esters is 1. The topological polar surface area (TPSA) is 34.1 Å². The molecule has 0 spiro atoms. The molecule has 0 fully saturated rings. The van der Waals surface area contributed by atoms with Gasteiger partial charge in [-0.25, -0.2) is 13.9 Å². The zero-order valence-electron chi connectivity index (χ0n) is 23.8. The highest BCUT2D eigenvalue weighted by molar-refractivity contribution is 5.89. The van der Waals surface area contributed by atoms with Gasteiger partial charge >= 0.3 is 5.97 Å². The van der Waals surface area contributed by atoms with Crippen LogP contribution in [0.15, 0.2) is 91.5 Å². The summed E-state index contributed by atoms with van der Waals surface area (Å²) in [4.78, 5) is 11.6. The SMILES string of the molecule is COC(=O)c1ccc(C[n+]2ccc(-c3cc[n+](Cc4cc(C(C)(C)C)cc(C(C)(C)C)c4)cc3)cc2)cc1. The molecule has 0 atom stereocenters. The highest BCUT2D eigenvalue weighted by Crippen LogP contribution is 2.30. The summed E-state index contributed by atoms with van der Waals surface area (Å²) in [6.07, 6.45) is 8.52. The van der Waals surface area contributed by atoms with Gasteiger partial charge in [-0.05, 0) is 57.3 Å². The summed E-state index contributed by atoms with van der Waals surface area (Å²) in [7, 11) is 1.40. The second-order valence-corrected chi connectivity index (χ2v) is 12.1. The first-order valence-electron chi connectivity index (χ1n) is 13.2. The van der Waals surface area contributed by atoms with E-state index in [0.717, 1.165) is 18.7 Å². The number of carbonyl (C=O) groups is 1. The van der Waals surface area contributed by atoms with Gasteiger partial charge in [-0.2, -0.15) is 0 Å². The van der Waals surface area contributed by atoms with E-state index in [-0.39, 0.29) is 16.8 Å². The lowest BCUT2D eigenvalue weighted by molar-refractivity contribution is -0.688. The van der Waals surface area contributed by atoms with E-state index in [1.54, 1.807) is 12.1 Å². The van der Waals surface area contributed by atoms with Gasteiger partial charge in [-0.1, -0.05) is 59.7 Å². The highest BCUT2D eigenvalue weighted by Gasteiger charge is 2.21. The number of rotatable bonds is 6. The van der Waals surface area contributed by atoms with Crippen LogP contribution in [0.2, 0.25) is 0 Å². The highest BCUT2D eigenvalue weighted by atomic mass is 16.5. The van der Waals surface area contributed by atoms with Crippen molar-refractivity contribution in [3.63, 3.8) is 0 Å². The van der Waals surface area contributed by atoms with Gasteiger partial charge in [-0.15, -0.1) is 0 Å². The number of ether oxygens (including phenoxy) is 1. The van der Waals surface area contributed by atoms with Gasteiger partial charge in [0, 0.05) is 35.4 Å². The van der Waals surface area contributed by atoms with Crippen LogP contribution in [0.3, 0.4) is 0 Å². The fourth-order valence-electron chi connectivity index (χ4n) is 4.45. The molecule has 4 rings (SSSR count). The molecule has 0 aliphatic carbocycles. The van der Waals surface area contributed by atoms with Crippen LogP contribution < -0.4 is 9.13 Å². The smallest absolute Gasteiger partial charge is 0.337 e. The van der Waals surface area contributed by atoms with E-state index in [1.165, 1.54) is 34.9 Å². The molecule has 0 aliphatic rings. The number of carbonyl (C=O) groups excluding carboxylic acids is 1. The van der Waals surface area contributed by atoms with E-state index in [2.05, 4.69) is 118 Å². The zero-order valence-corrected chi connectivity index (χ0v) is 23.8. The maximum atomic E-state index is 11.6. The minimum Gasteiger partial charge on any atom is -0.465 e. The molecule has 0 N–H and O–H groups in total. The van der Waals surface area contributed by atoms with Crippen LogP contribution in [0, 0.1) is 0 Å². The Balaban J connectivity index is 1.46. The van der Waals surface area contributed by atoms with E-state index in [0.29, 0.717) is 5.56 Å². The predicted octanol–water partition coefficient (Wildman–Crippen LogP) is 6.41. The fourth-order valence-corrected chi connectivity index (χ4v) is 4.45. The molecule has 0 bridgehead atoms. The Bertz CT molecular complexity index is 1360. The van der Waals surface area contributed by atoms with Crippen molar-refractivity contribution in [1.29, 1.82) is 0 Å². The Kier molecular flexibility index (Phi) is 7.82. The Labute approximate surface area is 227 Å².